The predicted molar refractivity (Wildman–Crippen MR) is 63.5 cm³/mol. The summed E-state index contributed by atoms with van der Waals surface area (Å²) < 4.78 is 16.8. The molecule has 6 heteroatoms. The number of hydrogen-bond donors (Lipinski definition) is 1. The van der Waals surface area contributed by atoms with Crippen molar-refractivity contribution in [2.24, 2.45) is 0 Å². The average molecular weight is 290 g/mol. The molecule has 0 unspecified atom stereocenters. The molecule has 1 N–H and O–H groups in total. The van der Waals surface area contributed by atoms with Gasteiger partial charge in [-0.3, -0.25) is 0 Å². The number of ether oxygens (including phenoxy) is 1. The fraction of sp³-hybridized carbons (Fsp3) is 0.700. The molecule has 0 aromatic rings. The van der Waals surface area contributed by atoms with Crippen LogP contribution in [-0.2, 0) is 22.2 Å². The Balaban J connectivity index is 3.44. The van der Waals surface area contributed by atoms with E-state index in [0.717, 1.165) is 6.42 Å². The van der Waals surface area contributed by atoms with Crippen LogP contribution in [0.15, 0.2) is 11.1 Å². The van der Waals surface area contributed by atoms with E-state index in [1.54, 1.807) is 6.92 Å². The van der Waals surface area contributed by atoms with Crippen LogP contribution in [0.4, 0.5) is 4.79 Å². The van der Waals surface area contributed by atoms with E-state index < -0.39 is 19.7 Å². The number of amides is 1. The van der Waals surface area contributed by atoms with E-state index >= 15 is 0 Å². The van der Waals surface area contributed by atoms with Gasteiger partial charge in [0.25, 0.3) is 0 Å². The molecule has 16 heavy (non-hydrogen) atoms. The third kappa shape index (κ3) is 8.81. The minimum absolute atomic E-state index is 0.0926. The molecule has 0 bridgehead atoms. The summed E-state index contributed by atoms with van der Waals surface area (Å²) >= 11 is -1.41. The molecule has 0 rings (SSSR count). The summed E-state index contributed by atoms with van der Waals surface area (Å²) in [4.78, 5) is 11.1. The third-order valence-corrected chi connectivity index (χ3v) is 4.70. The Labute approximate surface area is 104 Å². The number of alkyl carbamates (subject to hydrolysis) is 1. The quantitative estimate of drug-likeness (QED) is 0.546. The summed E-state index contributed by atoms with van der Waals surface area (Å²) in [6.45, 7) is 8.41. The Morgan fingerprint density at radius 3 is 2.81 bits per heavy atom. The molecule has 97 valence electrons. The van der Waals surface area contributed by atoms with Gasteiger partial charge in [0, 0.05) is 0 Å². The number of carbonyl (C=O) groups is 1. The van der Waals surface area contributed by atoms with Crippen molar-refractivity contribution in [2.45, 2.75) is 31.3 Å². The Morgan fingerprint density at radius 1 is 1.56 bits per heavy atom. The van der Waals surface area contributed by atoms with Crippen LogP contribution in [0.5, 0.6) is 0 Å². The molecule has 0 aliphatic heterocycles. The first-order valence-corrected chi connectivity index (χ1v) is 9.50. The molecule has 0 saturated heterocycles. The topological polar surface area (TPSA) is 55.4 Å². The second-order valence-corrected chi connectivity index (χ2v) is 7.35. The van der Waals surface area contributed by atoms with Gasteiger partial charge < -0.3 is 0 Å². The van der Waals surface area contributed by atoms with Crippen molar-refractivity contribution in [3.8, 4) is 0 Å². The van der Waals surface area contributed by atoms with Crippen molar-refractivity contribution in [1.82, 2.24) is 5.32 Å². The van der Waals surface area contributed by atoms with E-state index in [1.165, 1.54) is 6.04 Å². The summed E-state index contributed by atoms with van der Waals surface area (Å²) in [6.07, 6.45) is 0.611. The molecule has 4 nitrogen and oxygen atoms in total. The van der Waals surface area contributed by atoms with Crippen molar-refractivity contribution in [3.63, 3.8) is 0 Å². The number of carbonyl (C=O) groups excluding carboxylic acids is 1. The normalized spacial score (nSPS) is 11.5. The second-order valence-electron chi connectivity index (χ2n) is 3.36. The molecule has 0 heterocycles. The maximum absolute atomic E-state index is 11.3. The van der Waals surface area contributed by atoms with Gasteiger partial charge in [0.15, 0.2) is 0 Å². The summed E-state index contributed by atoms with van der Waals surface area (Å²) in [5.74, 6) is 0. The monoisotopic (exact) mass is 290 g/mol. The maximum atomic E-state index is 11.3. The predicted octanol–water partition coefficient (Wildman–Crippen LogP) is 1.65. The van der Waals surface area contributed by atoms with Crippen molar-refractivity contribution < 1.29 is 27.0 Å². The summed E-state index contributed by atoms with van der Waals surface area (Å²) in [5.41, 5.74) is 0. The molecular weight excluding hydrogens is 269 g/mol. The second kappa shape index (κ2) is 9.74. The molecule has 0 aliphatic carbocycles. The molecule has 0 aliphatic rings. The summed E-state index contributed by atoms with van der Waals surface area (Å²) in [7, 11) is 0.0926. The van der Waals surface area contributed by atoms with Crippen LogP contribution in [-0.4, -0.2) is 28.8 Å². The Kier molecular flexibility index (Phi) is 9.45. The first-order chi connectivity index (χ1) is 7.57. The van der Waals surface area contributed by atoms with Crippen LogP contribution in [0.25, 0.3) is 0 Å². The van der Waals surface area contributed by atoms with Crippen LogP contribution < -0.4 is 5.32 Å². The van der Waals surface area contributed by atoms with Gasteiger partial charge in [0.1, 0.15) is 0 Å². The summed E-state index contributed by atoms with van der Waals surface area (Å²) in [5, 5.41) is 3.02. The van der Waals surface area contributed by atoms with Gasteiger partial charge in [0.2, 0.25) is 0 Å². The van der Waals surface area contributed by atoms with Crippen LogP contribution in [0.3, 0.4) is 0 Å². The standard InChI is InChI=1S/C7H16NO2Si.C3H5.Co.O/c1-3-10-7(9)8-5-4-6-11-2;1-3-2;;/h1,3-6,11H2,2H3,(H,8,9);1H2,2H3;;. The average Bonchev–Trinajstić information content (AvgIpc) is 2.24. The third-order valence-electron chi connectivity index (χ3n) is 1.82. The van der Waals surface area contributed by atoms with Gasteiger partial charge in [0.05, 0.1) is 0 Å². The molecule has 0 spiro atoms. The van der Waals surface area contributed by atoms with Crippen LogP contribution in [0.2, 0.25) is 17.9 Å². The van der Waals surface area contributed by atoms with Gasteiger partial charge in [-0.1, -0.05) is 0 Å². The number of nitrogens with one attached hydrogen (secondary N) is 1. The summed E-state index contributed by atoms with van der Waals surface area (Å²) in [6, 6.07) is 1.24. The van der Waals surface area contributed by atoms with Crippen LogP contribution in [0, 0.1) is 0 Å². The van der Waals surface area contributed by atoms with Gasteiger partial charge in [-0.2, -0.15) is 0 Å². The fourth-order valence-corrected chi connectivity index (χ4v) is 2.44. The molecule has 0 aromatic heterocycles. The van der Waals surface area contributed by atoms with Crippen molar-refractivity contribution >= 4 is 15.6 Å². The van der Waals surface area contributed by atoms with Gasteiger partial charge in [-0.05, 0) is 0 Å². The Bertz CT molecular complexity index is 258. The molecular formula is C10H21CoNO3Si. The van der Waals surface area contributed by atoms with E-state index in [2.05, 4.69) is 18.4 Å². The van der Waals surface area contributed by atoms with Gasteiger partial charge >= 0.3 is 103 Å². The van der Waals surface area contributed by atoms with Gasteiger partial charge in [-0.25, -0.2) is 0 Å². The van der Waals surface area contributed by atoms with E-state index in [-0.39, 0.29) is 16.1 Å². The molecule has 0 fully saturated rings. The first-order valence-electron chi connectivity index (χ1n) is 5.40. The Hall–Kier alpha value is -0.467. The number of allylic oxidation sites excluding steroid dienone is 1. The fourth-order valence-electron chi connectivity index (χ4n) is 0.947. The SMILES string of the molecule is C=[C](C)[Co](=[O])[CH2]COC(=O)NCCC[SiH2]C. The van der Waals surface area contributed by atoms with Crippen molar-refractivity contribution in [2.75, 3.05) is 13.2 Å². The van der Waals surface area contributed by atoms with Gasteiger partial charge in [-0.15, -0.1) is 0 Å². The number of rotatable bonds is 8. The van der Waals surface area contributed by atoms with E-state index in [9.17, 15) is 8.66 Å². The first kappa shape index (κ1) is 15.5. The van der Waals surface area contributed by atoms with E-state index in [1.807, 2.05) is 0 Å². The zero-order valence-electron chi connectivity index (χ0n) is 10.0. The molecule has 1 amide bonds. The van der Waals surface area contributed by atoms with Crippen molar-refractivity contribution in [1.29, 1.82) is 0 Å². The zero-order valence-corrected chi connectivity index (χ0v) is 12.5. The van der Waals surface area contributed by atoms with Crippen LogP contribution in [0.1, 0.15) is 13.3 Å². The van der Waals surface area contributed by atoms with E-state index in [0.29, 0.717) is 16.4 Å². The van der Waals surface area contributed by atoms with Crippen LogP contribution >= 0.6 is 0 Å². The molecule has 0 radical (unpaired) electrons. The Morgan fingerprint density at radius 2 is 2.25 bits per heavy atom. The van der Waals surface area contributed by atoms with E-state index in [4.69, 9.17) is 4.74 Å². The number of hydrogen-bond acceptors (Lipinski definition) is 3. The molecule has 0 saturated carbocycles. The zero-order chi connectivity index (χ0) is 12.4. The minimum atomic E-state index is -1.41. The molecule has 0 atom stereocenters. The van der Waals surface area contributed by atoms with Crippen molar-refractivity contribution in [3.05, 3.63) is 11.1 Å². The molecule has 0 aromatic carbocycles.